The van der Waals surface area contributed by atoms with E-state index in [4.69, 9.17) is 4.74 Å². The number of aromatic nitrogens is 2. The van der Waals surface area contributed by atoms with Crippen LogP contribution in [0.15, 0.2) is 53.5 Å². The number of hydrogen-bond donors (Lipinski definition) is 1. The highest BCUT2D eigenvalue weighted by atomic mass is 19.1. The van der Waals surface area contributed by atoms with Crippen LogP contribution in [0, 0.1) is 5.82 Å². The van der Waals surface area contributed by atoms with E-state index in [0.29, 0.717) is 16.9 Å². The molecule has 0 unspecified atom stereocenters. The molecular formula is C19H14FN3O4. The van der Waals surface area contributed by atoms with Crippen LogP contribution >= 0.6 is 0 Å². The molecule has 136 valence electrons. The Kier molecular flexibility index (Phi) is 4.15. The van der Waals surface area contributed by atoms with E-state index in [0.717, 1.165) is 0 Å². The standard InChI is InChI=1S/C19H14FN3O4/c20-11-4-5-13-14(9-17(24)22-15(13)7-11)19(26)27-10-12-8-18(25)23-6-2-1-3-16(23)21-12/h1-8,14H,9-10H2,(H,22,24)/t14-/m0/s1. The molecule has 1 N–H and O–H groups in total. The average molecular weight is 367 g/mol. The summed E-state index contributed by atoms with van der Waals surface area (Å²) in [6, 6.07) is 10.3. The Morgan fingerprint density at radius 1 is 1.26 bits per heavy atom. The molecule has 0 saturated carbocycles. The van der Waals surface area contributed by atoms with Gasteiger partial charge in [0.1, 0.15) is 18.1 Å². The lowest BCUT2D eigenvalue weighted by Crippen LogP contribution is -2.28. The first kappa shape index (κ1) is 16.9. The Labute approximate surface area is 152 Å². The van der Waals surface area contributed by atoms with Gasteiger partial charge in [-0.15, -0.1) is 0 Å². The maximum atomic E-state index is 13.4. The minimum atomic E-state index is -0.837. The molecule has 0 aliphatic carbocycles. The zero-order valence-electron chi connectivity index (χ0n) is 14.0. The summed E-state index contributed by atoms with van der Waals surface area (Å²) in [5, 5.41) is 2.54. The zero-order chi connectivity index (χ0) is 19.0. The molecule has 0 spiro atoms. The van der Waals surface area contributed by atoms with E-state index in [9.17, 15) is 18.8 Å². The summed E-state index contributed by atoms with van der Waals surface area (Å²) in [5.41, 5.74) is 1.21. The molecule has 2 aromatic heterocycles. The fourth-order valence-electron chi connectivity index (χ4n) is 3.07. The number of nitrogens with zero attached hydrogens (tertiary/aromatic N) is 2. The van der Waals surface area contributed by atoms with Crippen LogP contribution in [0.1, 0.15) is 23.6 Å². The molecule has 8 heteroatoms. The fourth-order valence-corrected chi connectivity index (χ4v) is 3.07. The highest BCUT2D eigenvalue weighted by Gasteiger charge is 2.32. The average Bonchev–Trinajstić information content (AvgIpc) is 2.65. The van der Waals surface area contributed by atoms with Gasteiger partial charge in [0.2, 0.25) is 5.91 Å². The monoisotopic (exact) mass is 367 g/mol. The number of carbonyl (C=O) groups excluding carboxylic acids is 2. The number of rotatable bonds is 3. The van der Waals surface area contributed by atoms with Gasteiger partial charge in [0, 0.05) is 24.4 Å². The molecule has 3 aromatic rings. The van der Waals surface area contributed by atoms with Crippen LogP contribution in [-0.4, -0.2) is 21.3 Å². The Bertz CT molecular complexity index is 1130. The van der Waals surface area contributed by atoms with E-state index in [1.54, 1.807) is 24.4 Å². The minimum Gasteiger partial charge on any atom is -0.459 e. The molecule has 1 aliphatic heterocycles. The van der Waals surface area contributed by atoms with E-state index in [1.165, 1.54) is 28.7 Å². The zero-order valence-corrected chi connectivity index (χ0v) is 14.0. The van der Waals surface area contributed by atoms with Crippen LogP contribution in [0.3, 0.4) is 0 Å². The number of benzene rings is 1. The lowest BCUT2D eigenvalue weighted by atomic mass is 9.90. The molecule has 1 amide bonds. The number of pyridine rings is 1. The van der Waals surface area contributed by atoms with Crippen molar-refractivity contribution in [2.24, 2.45) is 0 Å². The van der Waals surface area contributed by atoms with Gasteiger partial charge in [0.25, 0.3) is 5.56 Å². The van der Waals surface area contributed by atoms with E-state index in [-0.39, 0.29) is 24.3 Å². The van der Waals surface area contributed by atoms with E-state index in [2.05, 4.69) is 10.3 Å². The number of fused-ring (bicyclic) bond motifs is 2. The summed E-state index contributed by atoms with van der Waals surface area (Å²) in [5.74, 6) is -2.37. The third kappa shape index (κ3) is 3.29. The van der Waals surface area contributed by atoms with Gasteiger partial charge in [-0.2, -0.15) is 0 Å². The highest BCUT2D eigenvalue weighted by Crippen LogP contribution is 2.33. The van der Waals surface area contributed by atoms with Crippen molar-refractivity contribution in [3.05, 3.63) is 76.1 Å². The van der Waals surface area contributed by atoms with Gasteiger partial charge in [0.05, 0.1) is 11.6 Å². The molecule has 0 bridgehead atoms. The number of amides is 1. The molecule has 27 heavy (non-hydrogen) atoms. The molecule has 1 atom stereocenters. The van der Waals surface area contributed by atoms with Gasteiger partial charge < -0.3 is 10.1 Å². The molecule has 0 radical (unpaired) electrons. The summed E-state index contributed by atoms with van der Waals surface area (Å²) < 4.78 is 20.0. The molecule has 1 aliphatic rings. The second-order valence-electron chi connectivity index (χ2n) is 6.16. The van der Waals surface area contributed by atoms with Crippen molar-refractivity contribution in [2.45, 2.75) is 18.9 Å². The fraction of sp³-hybridized carbons (Fsp3) is 0.158. The van der Waals surface area contributed by atoms with Gasteiger partial charge in [0.15, 0.2) is 0 Å². The van der Waals surface area contributed by atoms with E-state index >= 15 is 0 Å². The molecule has 4 rings (SSSR count). The molecule has 3 heterocycles. The molecule has 1 aromatic carbocycles. The third-order valence-electron chi connectivity index (χ3n) is 4.33. The topological polar surface area (TPSA) is 89.8 Å². The van der Waals surface area contributed by atoms with Crippen LogP contribution in [0.2, 0.25) is 0 Å². The summed E-state index contributed by atoms with van der Waals surface area (Å²) in [4.78, 5) is 40.7. The van der Waals surface area contributed by atoms with Gasteiger partial charge >= 0.3 is 5.97 Å². The molecular weight excluding hydrogens is 353 g/mol. The van der Waals surface area contributed by atoms with Crippen LogP contribution in [0.4, 0.5) is 10.1 Å². The maximum absolute atomic E-state index is 13.4. The number of anilines is 1. The van der Waals surface area contributed by atoms with Crippen LogP contribution in [-0.2, 0) is 20.9 Å². The van der Waals surface area contributed by atoms with Crippen molar-refractivity contribution in [3.63, 3.8) is 0 Å². The summed E-state index contributed by atoms with van der Waals surface area (Å²) in [6.07, 6.45) is 1.50. The van der Waals surface area contributed by atoms with Gasteiger partial charge in [-0.3, -0.25) is 18.8 Å². The van der Waals surface area contributed by atoms with Crippen molar-refractivity contribution >= 4 is 23.2 Å². The van der Waals surface area contributed by atoms with Crippen molar-refractivity contribution in [1.82, 2.24) is 9.38 Å². The molecule has 0 fully saturated rings. The summed E-state index contributed by atoms with van der Waals surface area (Å²) in [6.45, 7) is -0.200. The predicted octanol–water partition coefficient (Wildman–Crippen LogP) is 2.00. The number of nitrogens with one attached hydrogen (secondary N) is 1. The van der Waals surface area contributed by atoms with Gasteiger partial charge in [-0.05, 0) is 29.8 Å². The lowest BCUT2D eigenvalue weighted by molar-refractivity contribution is -0.148. The number of hydrogen-bond acceptors (Lipinski definition) is 5. The second-order valence-corrected chi connectivity index (χ2v) is 6.16. The van der Waals surface area contributed by atoms with Crippen molar-refractivity contribution in [1.29, 1.82) is 0 Å². The predicted molar refractivity (Wildman–Crippen MR) is 93.6 cm³/mol. The number of carbonyl (C=O) groups is 2. The number of halogens is 1. The quantitative estimate of drug-likeness (QED) is 0.715. The van der Waals surface area contributed by atoms with E-state index < -0.39 is 23.6 Å². The molecule has 0 saturated heterocycles. The van der Waals surface area contributed by atoms with Crippen LogP contribution in [0.25, 0.3) is 5.65 Å². The minimum absolute atomic E-state index is 0.0920. The second kappa shape index (κ2) is 6.64. The Balaban J connectivity index is 1.55. The van der Waals surface area contributed by atoms with Crippen LogP contribution < -0.4 is 10.9 Å². The largest absolute Gasteiger partial charge is 0.459 e. The van der Waals surface area contributed by atoms with Crippen LogP contribution in [0.5, 0.6) is 0 Å². The SMILES string of the molecule is O=C1C[C@H](C(=O)OCc2cc(=O)n3ccccc3n2)c2ccc(F)cc2N1. The normalized spacial score (nSPS) is 15.9. The van der Waals surface area contributed by atoms with Gasteiger partial charge in [-0.1, -0.05) is 12.1 Å². The first-order valence-corrected chi connectivity index (χ1v) is 8.24. The first-order valence-electron chi connectivity index (χ1n) is 8.24. The highest BCUT2D eigenvalue weighted by molar-refractivity contribution is 5.99. The number of ether oxygens (including phenoxy) is 1. The Morgan fingerprint density at radius 3 is 2.96 bits per heavy atom. The van der Waals surface area contributed by atoms with Crippen molar-refractivity contribution in [2.75, 3.05) is 5.32 Å². The maximum Gasteiger partial charge on any atom is 0.314 e. The Morgan fingerprint density at radius 2 is 2.11 bits per heavy atom. The number of esters is 1. The van der Waals surface area contributed by atoms with E-state index in [1.807, 2.05) is 0 Å². The van der Waals surface area contributed by atoms with Gasteiger partial charge in [-0.25, -0.2) is 9.37 Å². The summed E-state index contributed by atoms with van der Waals surface area (Å²) in [7, 11) is 0. The lowest BCUT2D eigenvalue weighted by Gasteiger charge is -2.24. The third-order valence-corrected chi connectivity index (χ3v) is 4.33. The van der Waals surface area contributed by atoms with Crippen molar-refractivity contribution < 1.29 is 18.7 Å². The molecule has 7 nitrogen and oxygen atoms in total. The summed E-state index contributed by atoms with van der Waals surface area (Å²) >= 11 is 0. The Hall–Kier alpha value is -3.55. The smallest absolute Gasteiger partial charge is 0.314 e. The van der Waals surface area contributed by atoms with Crippen molar-refractivity contribution in [3.8, 4) is 0 Å². The first-order chi connectivity index (χ1) is 13.0.